The molecule has 5 atom stereocenters. The Bertz CT molecular complexity index is 2990. The average Bonchev–Trinajstić information content (AvgIpc) is 3.58. The minimum Gasteiger partial charge on any atom is -0.310 e. The SMILES string of the molecule is C[C@H]1C[C@@H]2C[C@H]3CC(c4ccccc4N(c4ccc(-c5ccccc5)cc4)c4ccc(-c5cccc(-n6c7ccccc7c7cc8ccccc8cc76)c5)cc4)(C1)C23. The fraction of sp³-hybridized carbons (Fsp3) is 0.179. The summed E-state index contributed by atoms with van der Waals surface area (Å²) < 4.78 is 2.44. The highest BCUT2D eigenvalue weighted by Crippen LogP contribution is 2.72. The van der Waals surface area contributed by atoms with Gasteiger partial charge in [0.2, 0.25) is 0 Å². The molecule has 2 nitrogen and oxygen atoms in total. The summed E-state index contributed by atoms with van der Waals surface area (Å²) in [6.07, 6.45) is 5.50. The topological polar surface area (TPSA) is 8.17 Å². The largest absolute Gasteiger partial charge is 0.310 e. The van der Waals surface area contributed by atoms with E-state index < -0.39 is 0 Å². The molecular weight excluding hydrogens is 701 g/mol. The molecule has 280 valence electrons. The molecule has 8 aromatic carbocycles. The maximum absolute atomic E-state index is 2.54. The quantitative estimate of drug-likeness (QED) is 0.158. The molecule has 3 fully saturated rings. The van der Waals surface area contributed by atoms with E-state index in [9.17, 15) is 0 Å². The molecule has 0 saturated heterocycles. The van der Waals surface area contributed by atoms with Crippen LogP contribution in [0.1, 0.15) is 38.2 Å². The molecule has 12 rings (SSSR count). The second-order valence-corrected chi connectivity index (χ2v) is 17.6. The molecule has 2 heteroatoms. The van der Waals surface area contributed by atoms with Gasteiger partial charge in [-0.15, -0.1) is 0 Å². The molecule has 0 aliphatic heterocycles. The zero-order valence-corrected chi connectivity index (χ0v) is 32.9. The first-order valence-corrected chi connectivity index (χ1v) is 21.3. The molecule has 3 saturated carbocycles. The number of anilines is 3. The van der Waals surface area contributed by atoms with Gasteiger partial charge < -0.3 is 9.47 Å². The molecule has 0 bridgehead atoms. The van der Waals surface area contributed by atoms with E-state index in [-0.39, 0.29) is 5.41 Å². The monoisotopic (exact) mass is 746 g/mol. The Hall–Kier alpha value is -6.38. The smallest absolute Gasteiger partial charge is 0.0547 e. The third-order valence-corrected chi connectivity index (χ3v) is 14.3. The summed E-state index contributed by atoms with van der Waals surface area (Å²) in [5.74, 6) is 3.42. The van der Waals surface area contributed by atoms with Crippen molar-refractivity contribution >= 4 is 49.6 Å². The lowest BCUT2D eigenvalue weighted by Gasteiger charge is -2.70. The highest BCUT2D eigenvalue weighted by molar-refractivity contribution is 6.13. The standard InChI is InChI=1S/C56H46N2/c1-37-30-44-31-45-36-56(35-37,55(44)45)51-19-8-10-21-53(51)57(46-26-22-39(23-27-46)38-12-3-2-4-13-38)47-28-24-40(25-29-47)41-16-11-17-48(32-41)58-52-20-9-7-18-49(52)50-33-42-14-5-6-15-43(42)34-54(50)58/h2-29,32-34,37,44-45,55H,30-31,35-36H2,1H3/t37-,44+,45-,55?,56?/m0/s1. The number of aromatic nitrogens is 1. The molecule has 3 aliphatic carbocycles. The van der Waals surface area contributed by atoms with Gasteiger partial charge in [-0.2, -0.15) is 0 Å². The fourth-order valence-corrected chi connectivity index (χ4v) is 12.0. The van der Waals surface area contributed by atoms with Crippen molar-refractivity contribution in [3.05, 3.63) is 194 Å². The van der Waals surface area contributed by atoms with Crippen LogP contribution >= 0.6 is 0 Å². The van der Waals surface area contributed by atoms with Crippen molar-refractivity contribution in [2.75, 3.05) is 4.90 Å². The van der Waals surface area contributed by atoms with E-state index in [4.69, 9.17) is 0 Å². The van der Waals surface area contributed by atoms with Crippen molar-refractivity contribution < 1.29 is 0 Å². The number of benzene rings is 8. The first-order chi connectivity index (χ1) is 28.6. The Morgan fingerprint density at radius 2 is 1.12 bits per heavy atom. The van der Waals surface area contributed by atoms with Crippen LogP contribution in [0.2, 0.25) is 0 Å². The van der Waals surface area contributed by atoms with Crippen LogP contribution in [0.15, 0.2) is 188 Å². The molecule has 3 aliphatic rings. The lowest BCUT2D eigenvalue weighted by molar-refractivity contribution is -0.159. The molecule has 0 radical (unpaired) electrons. The number of para-hydroxylation sites is 2. The lowest BCUT2D eigenvalue weighted by atomic mass is 9.34. The van der Waals surface area contributed by atoms with Crippen molar-refractivity contribution in [1.82, 2.24) is 4.57 Å². The van der Waals surface area contributed by atoms with E-state index in [0.29, 0.717) is 0 Å². The van der Waals surface area contributed by atoms with Gasteiger partial charge in [0.15, 0.2) is 0 Å². The molecule has 2 unspecified atom stereocenters. The zero-order chi connectivity index (χ0) is 38.4. The molecule has 0 amide bonds. The number of hydrogen-bond donors (Lipinski definition) is 0. The van der Waals surface area contributed by atoms with E-state index >= 15 is 0 Å². The summed E-state index contributed by atoms with van der Waals surface area (Å²) in [5.41, 5.74) is 14.1. The van der Waals surface area contributed by atoms with E-state index in [2.05, 4.69) is 204 Å². The van der Waals surface area contributed by atoms with Crippen molar-refractivity contribution in [2.24, 2.45) is 23.7 Å². The number of rotatable bonds is 7. The van der Waals surface area contributed by atoms with Crippen molar-refractivity contribution in [3.8, 4) is 27.9 Å². The van der Waals surface area contributed by atoms with Gasteiger partial charge in [-0.25, -0.2) is 0 Å². The predicted octanol–water partition coefficient (Wildman–Crippen LogP) is 15.1. The highest BCUT2D eigenvalue weighted by Gasteiger charge is 2.66. The normalized spacial score (nSPS) is 22.0. The Morgan fingerprint density at radius 1 is 0.483 bits per heavy atom. The fourth-order valence-electron chi connectivity index (χ4n) is 12.0. The summed E-state index contributed by atoms with van der Waals surface area (Å²) in [7, 11) is 0. The van der Waals surface area contributed by atoms with Crippen LogP contribution in [0, 0.1) is 23.7 Å². The van der Waals surface area contributed by atoms with Crippen LogP contribution in [0.25, 0.3) is 60.5 Å². The second kappa shape index (κ2) is 13.1. The summed E-state index contributed by atoms with van der Waals surface area (Å²) in [5, 5.41) is 5.10. The lowest BCUT2D eigenvalue weighted by Crippen LogP contribution is -2.65. The van der Waals surface area contributed by atoms with Gasteiger partial charge in [0.1, 0.15) is 0 Å². The van der Waals surface area contributed by atoms with Crippen LogP contribution in [0.4, 0.5) is 17.1 Å². The Balaban J connectivity index is 0.958. The Kier molecular flexibility index (Phi) is 7.61. The predicted molar refractivity (Wildman–Crippen MR) is 244 cm³/mol. The maximum Gasteiger partial charge on any atom is 0.0547 e. The second-order valence-electron chi connectivity index (χ2n) is 17.6. The van der Waals surface area contributed by atoms with Gasteiger partial charge in [0.05, 0.1) is 11.0 Å². The van der Waals surface area contributed by atoms with Gasteiger partial charge in [0.25, 0.3) is 0 Å². The van der Waals surface area contributed by atoms with E-state index in [1.54, 1.807) is 5.56 Å². The maximum atomic E-state index is 2.54. The Labute approximate surface area is 341 Å². The highest BCUT2D eigenvalue weighted by atomic mass is 15.1. The van der Waals surface area contributed by atoms with Crippen LogP contribution in [-0.2, 0) is 5.41 Å². The van der Waals surface area contributed by atoms with Crippen molar-refractivity contribution in [1.29, 1.82) is 0 Å². The van der Waals surface area contributed by atoms with Crippen LogP contribution < -0.4 is 4.90 Å². The average molecular weight is 747 g/mol. The zero-order valence-electron chi connectivity index (χ0n) is 32.9. The van der Waals surface area contributed by atoms with Crippen molar-refractivity contribution in [3.63, 3.8) is 0 Å². The van der Waals surface area contributed by atoms with E-state index in [1.807, 2.05) is 0 Å². The number of nitrogens with zero attached hydrogens (tertiary/aromatic N) is 2. The van der Waals surface area contributed by atoms with Crippen LogP contribution in [0.5, 0.6) is 0 Å². The summed E-state index contributed by atoms with van der Waals surface area (Å²) in [6, 6.07) is 70.0. The van der Waals surface area contributed by atoms with Gasteiger partial charge in [-0.3, -0.25) is 0 Å². The third-order valence-electron chi connectivity index (χ3n) is 14.3. The van der Waals surface area contributed by atoms with Gasteiger partial charge in [-0.05, 0) is 149 Å². The summed E-state index contributed by atoms with van der Waals surface area (Å²) >= 11 is 0. The first-order valence-electron chi connectivity index (χ1n) is 21.3. The number of hydrogen-bond acceptors (Lipinski definition) is 1. The van der Waals surface area contributed by atoms with Gasteiger partial charge >= 0.3 is 0 Å². The van der Waals surface area contributed by atoms with Crippen LogP contribution in [-0.4, -0.2) is 4.57 Å². The Morgan fingerprint density at radius 3 is 1.90 bits per heavy atom. The first kappa shape index (κ1) is 33.7. The van der Waals surface area contributed by atoms with Gasteiger partial charge in [0, 0.05) is 38.9 Å². The molecule has 58 heavy (non-hydrogen) atoms. The minimum absolute atomic E-state index is 0.281. The molecule has 1 heterocycles. The molecule has 1 aromatic heterocycles. The molecule has 0 spiro atoms. The summed E-state index contributed by atoms with van der Waals surface area (Å²) in [4.78, 5) is 2.54. The summed E-state index contributed by atoms with van der Waals surface area (Å²) in [6.45, 7) is 2.50. The van der Waals surface area contributed by atoms with Crippen LogP contribution in [0.3, 0.4) is 0 Å². The molecular formula is C56H46N2. The van der Waals surface area contributed by atoms with E-state index in [0.717, 1.165) is 23.7 Å². The van der Waals surface area contributed by atoms with Gasteiger partial charge in [-0.1, -0.05) is 134 Å². The minimum atomic E-state index is 0.281. The third kappa shape index (κ3) is 5.17. The van der Waals surface area contributed by atoms with E-state index in [1.165, 1.54) is 103 Å². The molecule has 0 N–H and O–H groups in total. The van der Waals surface area contributed by atoms with Crippen molar-refractivity contribution in [2.45, 2.75) is 38.0 Å². The molecule has 9 aromatic rings. The number of fused-ring (bicyclic) bond motifs is 4.